The van der Waals surface area contributed by atoms with E-state index in [0.29, 0.717) is 6.04 Å². The summed E-state index contributed by atoms with van der Waals surface area (Å²) in [5.74, 6) is -0.168. The van der Waals surface area contributed by atoms with Crippen LogP contribution in [0.3, 0.4) is 0 Å². The number of hydrogen-bond donors (Lipinski definition) is 1. The molecule has 0 aliphatic heterocycles. The predicted octanol–water partition coefficient (Wildman–Crippen LogP) is 5.31. The van der Waals surface area contributed by atoms with Crippen LogP contribution in [-0.4, -0.2) is 6.54 Å². The molecule has 0 bridgehead atoms. The highest BCUT2D eigenvalue weighted by atomic mass is 32.1. The smallest absolute Gasteiger partial charge is 0.123 e. The lowest BCUT2D eigenvalue weighted by molar-refractivity contribution is 0.525. The summed E-state index contributed by atoms with van der Waals surface area (Å²) in [5.41, 5.74) is 2.13. The first-order valence-electron chi connectivity index (χ1n) is 7.25. The maximum atomic E-state index is 13.2. The Kier molecular flexibility index (Phi) is 5.32. The number of hydrogen-bond acceptors (Lipinski definition) is 2. The molecule has 2 aromatic rings. The zero-order valence-corrected chi connectivity index (χ0v) is 13.2. The van der Waals surface area contributed by atoms with Crippen LogP contribution < -0.4 is 5.32 Å². The van der Waals surface area contributed by atoms with E-state index in [0.717, 1.165) is 30.5 Å². The van der Waals surface area contributed by atoms with Crippen molar-refractivity contribution in [2.45, 2.75) is 39.7 Å². The summed E-state index contributed by atoms with van der Waals surface area (Å²) < 4.78 is 13.2. The molecule has 0 saturated heterocycles. The lowest BCUT2D eigenvalue weighted by Gasteiger charge is -2.14. The summed E-state index contributed by atoms with van der Waals surface area (Å²) in [6.07, 6.45) is 2.23. The average Bonchev–Trinajstić information content (AvgIpc) is 2.89. The van der Waals surface area contributed by atoms with E-state index in [9.17, 15) is 4.39 Å². The molecule has 0 aliphatic rings. The molecule has 1 heterocycles. The van der Waals surface area contributed by atoms with Crippen LogP contribution in [0.4, 0.5) is 4.39 Å². The lowest BCUT2D eigenvalue weighted by Crippen LogP contribution is -2.20. The van der Waals surface area contributed by atoms with Crippen LogP contribution in [0, 0.1) is 12.7 Å². The molecule has 0 fully saturated rings. The fourth-order valence-corrected chi connectivity index (χ4v) is 3.61. The first-order valence-corrected chi connectivity index (χ1v) is 8.07. The van der Waals surface area contributed by atoms with E-state index in [1.807, 2.05) is 13.0 Å². The molecular weight excluding hydrogens is 269 g/mol. The van der Waals surface area contributed by atoms with E-state index in [-0.39, 0.29) is 5.82 Å². The largest absolute Gasteiger partial charge is 0.309 e. The molecule has 0 aliphatic carbocycles. The molecular formula is C17H22FNS. The van der Waals surface area contributed by atoms with Gasteiger partial charge in [0.15, 0.2) is 0 Å². The first kappa shape index (κ1) is 15.2. The fraction of sp³-hybridized carbons (Fsp3) is 0.412. The molecule has 0 amide bonds. The summed E-state index contributed by atoms with van der Waals surface area (Å²) in [6.45, 7) is 7.39. The van der Waals surface area contributed by atoms with Crippen molar-refractivity contribution in [3.8, 4) is 10.4 Å². The molecule has 20 heavy (non-hydrogen) atoms. The van der Waals surface area contributed by atoms with Crippen LogP contribution >= 0.6 is 11.3 Å². The Balaban J connectivity index is 2.23. The van der Waals surface area contributed by atoms with Gasteiger partial charge in [-0.15, -0.1) is 11.3 Å². The van der Waals surface area contributed by atoms with Gasteiger partial charge in [0.25, 0.3) is 0 Å². The minimum Gasteiger partial charge on any atom is -0.309 e. The van der Waals surface area contributed by atoms with Crippen molar-refractivity contribution >= 4 is 11.3 Å². The van der Waals surface area contributed by atoms with Crippen molar-refractivity contribution in [2.75, 3.05) is 6.54 Å². The molecule has 1 unspecified atom stereocenters. The Morgan fingerprint density at radius 3 is 2.65 bits per heavy atom. The maximum absolute atomic E-state index is 13.2. The standard InChI is InChI=1S/C17H22FNS/c1-4-10-19-15(5-2)17-9-8-16(20-17)14-7-6-13(18)11-12(14)3/h6-9,11,15,19H,4-5,10H2,1-3H3. The van der Waals surface area contributed by atoms with Crippen molar-refractivity contribution in [3.63, 3.8) is 0 Å². The topological polar surface area (TPSA) is 12.0 Å². The van der Waals surface area contributed by atoms with Crippen molar-refractivity contribution in [1.82, 2.24) is 5.32 Å². The number of benzene rings is 1. The average molecular weight is 291 g/mol. The van der Waals surface area contributed by atoms with Crippen LogP contribution in [0.5, 0.6) is 0 Å². The second-order valence-electron chi connectivity index (χ2n) is 5.08. The molecule has 0 spiro atoms. The van der Waals surface area contributed by atoms with Gasteiger partial charge in [0, 0.05) is 15.8 Å². The van der Waals surface area contributed by atoms with Crippen molar-refractivity contribution in [1.29, 1.82) is 0 Å². The Bertz CT molecular complexity index is 562. The van der Waals surface area contributed by atoms with Crippen molar-refractivity contribution < 1.29 is 4.39 Å². The lowest BCUT2D eigenvalue weighted by atomic mass is 10.1. The molecule has 1 nitrogen and oxygen atoms in total. The van der Waals surface area contributed by atoms with Gasteiger partial charge in [0.1, 0.15) is 5.82 Å². The second-order valence-corrected chi connectivity index (χ2v) is 6.19. The summed E-state index contributed by atoms with van der Waals surface area (Å²) in [7, 11) is 0. The van der Waals surface area contributed by atoms with Gasteiger partial charge < -0.3 is 5.32 Å². The predicted molar refractivity (Wildman–Crippen MR) is 85.8 cm³/mol. The monoisotopic (exact) mass is 291 g/mol. The van der Waals surface area contributed by atoms with Crippen LogP contribution in [0.25, 0.3) is 10.4 Å². The van der Waals surface area contributed by atoms with Gasteiger partial charge in [-0.1, -0.05) is 19.9 Å². The quantitative estimate of drug-likeness (QED) is 0.760. The van der Waals surface area contributed by atoms with Crippen LogP contribution in [0.15, 0.2) is 30.3 Å². The third-order valence-electron chi connectivity index (χ3n) is 3.47. The summed E-state index contributed by atoms with van der Waals surface area (Å²) >= 11 is 1.80. The van der Waals surface area contributed by atoms with E-state index >= 15 is 0 Å². The van der Waals surface area contributed by atoms with E-state index in [2.05, 4.69) is 31.3 Å². The summed E-state index contributed by atoms with van der Waals surface area (Å²) in [6, 6.07) is 9.78. The molecule has 3 heteroatoms. The fourth-order valence-electron chi connectivity index (χ4n) is 2.35. The molecule has 1 N–H and O–H groups in total. The van der Waals surface area contributed by atoms with Crippen LogP contribution in [0.2, 0.25) is 0 Å². The molecule has 1 aromatic carbocycles. The second kappa shape index (κ2) is 7.00. The minimum atomic E-state index is -0.168. The summed E-state index contributed by atoms with van der Waals surface area (Å²) in [4.78, 5) is 2.58. The first-order chi connectivity index (χ1) is 9.65. The highest BCUT2D eigenvalue weighted by Gasteiger charge is 2.13. The third kappa shape index (κ3) is 3.47. The van der Waals surface area contributed by atoms with E-state index < -0.39 is 0 Å². The number of aryl methyl sites for hydroxylation is 1. The number of nitrogens with one attached hydrogen (secondary N) is 1. The van der Waals surface area contributed by atoms with Gasteiger partial charge in [-0.3, -0.25) is 0 Å². The number of halogens is 1. The highest BCUT2D eigenvalue weighted by molar-refractivity contribution is 7.15. The number of rotatable bonds is 6. The minimum absolute atomic E-state index is 0.168. The molecule has 2 rings (SSSR count). The molecule has 1 aromatic heterocycles. The summed E-state index contributed by atoms with van der Waals surface area (Å²) in [5, 5.41) is 3.57. The molecule has 0 radical (unpaired) electrons. The van der Waals surface area contributed by atoms with Crippen LogP contribution in [-0.2, 0) is 0 Å². The molecule has 0 saturated carbocycles. The zero-order valence-electron chi connectivity index (χ0n) is 12.4. The Morgan fingerprint density at radius 1 is 1.20 bits per heavy atom. The third-order valence-corrected chi connectivity index (χ3v) is 4.71. The maximum Gasteiger partial charge on any atom is 0.123 e. The van der Waals surface area contributed by atoms with Gasteiger partial charge in [-0.25, -0.2) is 4.39 Å². The molecule has 1 atom stereocenters. The van der Waals surface area contributed by atoms with Crippen LogP contribution in [0.1, 0.15) is 43.2 Å². The van der Waals surface area contributed by atoms with Gasteiger partial charge in [0.2, 0.25) is 0 Å². The van der Waals surface area contributed by atoms with Gasteiger partial charge in [0.05, 0.1) is 0 Å². The normalized spacial score (nSPS) is 12.6. The Morgan fingerprint density at radius 2 is 2.00 bits per heavy atom. The van der Waals surface area contributed by atoms with Crippen molar-refractivity contribution in [2.24, 2.45) is 0 Å². The number of thiophene rings is 1. The van der Waals surface area contributed by atoms with Gasteiger partial charge >= 0.3 is 0 Å². The Labute approximate surface area is 124 Å². The highest BCUT2D eigenvalue weighted by Crippen LogP contribution is 2.34. The van der Waals surface area contributed by atoms with E-state index in [4.69, 9.17) is 0 Å². The van der Waals surface area contributed by atoms with Gasteiger partial charge in [-0.05, 0) is 61.7 Å². The molecule has 108 valence electrons. The van der Waals surface area contributed by atoms with Gasteiger partial charge in [-0.2, -0.15) is 0 Å². The zero-order chi connectivity index (χ0) is 14.5. The van der Waals surface area contributed by atoms with E-state index in [1.54, 1.807) is 17.4 Å². The Hall–Kier alpha value is -1.19. The van der Waals surface area contributed by atoms with E-state index in [1.165, 1.54) is 15.8 Å². The SMILES string of the molecule is CCCNC(CC)c1ccc(-c2ccc(F)cc2C)s1. The van der Waals surface area contributed by atoms with Crippen molar-refractivity contribution in [3.05, 3.63) is 46.6 Å².